The predicted octanol–water partition coefficient (Wildman–Crippen LogP) is 0.763. The van der Waals surface area contributed by atoms with Gasteiger partial charge in [0.2, 0.25) is 5.91 Å². The standard InChI is InChI=1S/C15H22FN3O2/c1-12(19-7-5-18(6-8-19)9-10-20)15(21)17-14-4-2-3-13(16)11-14/h2-4,11-12,20H,5-10H2,1H3,(H,17,21). The number of hydrogen-bond acceptors (Lipinski definition) is 4. The van der Waals surface area contributed by atoms with Crippen molar-refractivity contribution in [2.45, 2.75) is 13.0 Å². The van der Waals surface area contributed by atoms with E-state index in [9.17, 15) is 9.18 Å². The fourth-order valence-electron chi connectivity index (χ4n) is 2.49. The number of rotatable bonds is 5. The summed E-state index contributed by atoms with van der Waals surface area (Å²) in [5.74, 6) is -0.491. The molecule has 1 heterocycles. The molecule has 0 aromatic heterocycles. The maximum atomic E-state index is 13.1. The van der Waals surface area contributed by atoms with E-state index in [2.05, 4.69) is 15.1 Å². The van der Waals surface area contributed by atoms with E-state index in [0.717, 1.165) is 26.2 Å². The Hall–Kier alpha value is -1.50. The molecule has 1 fully saturated rings. The average Bonchev–Trinajstić information content (AvgIpc) is 2.47. The first-order valence-electron chi connectivity index (χ1n) is 7.24. The third kappa shape index (κ3) is 4.49. The van der Waals surface area contributed by atoms with Crippen molar-refractivity contribution in [3.63, 3.8) is 0 Å². The molecule has 1 aromatic rings. The second-order valence-electron chi connectivity index (χ2n) is 5.28. The fraction of sp³-hybridized carbons (Fsp3) is 0.533. The van der Waals surface area contributed by atoms with Crippen molar-refractivity contribution in [1.82, 2.24) is 9.80 Å². The first-order valence-corrected chi connectivity index (χ1v) is 7.24. The van der Waals surface area contributed by atoms with Crippen LogP contribution in [-0.4, -0.2) is 66.2 Å². The van der Waals surface area contributed by atoms with Crippen molar-refractivity contribution < 1.29 is 14.3 Å². The number of aliphatic hydroxyl groups is 1. The van der Waals surface area contributed by atoms with Crippen LogP contribution in [0.4, 0.5) is 10.1 Å². The Morgan fingerprint density at radius 3 is 2.71 bits per heavy atom. The second-order valence-corrected chi connectivity index (χ2v) is 5.28. The number of carbonyl (C=O) groups is 1. The zero-order chi connectivity index (χ0) is 15.2. The van der Waals surface area contributed by atoms with Gasteiger partial charge in [0.1, 0.15) is 5.82 Å². The van der Waals surface area contributed by atoms with E-state index in [0.29, 0.717) is 12.2 Å². The number of anilines is 1. The average molecular weight is 295 g/mol. The maximum Gasteiger partial charge on any atom is 0.241 e. The van der Waals surface area contributed by atoms with Gasteiger partial charge in [0.05, 0.1) is 12.6 Å². The Morgan fingerprint density at radius 1 is 1.38 bits per heavy atom. The van der Waals surface area contributed by atoms with Gasteiger partial charge >= 0.3 is 0 Å². The number of hydrogen-bond donors (Lipinski definition) is 2. The highest BCUT2D eigenvalue weighted by atomic mass is 19.1. The van der Waals surface area contributed by atoms with Crippen LogP contribution in [0.25, 0.3) is 0 Å². The number of nitrogens with one attached hydrogen (secondary N) is 1. The third-order valence-corrected chi connectivity index (χ3v) is 3.84. The van der Waals surface area contributed by atoms with E-state index in [1.54, 1.807) is 12.1 Å². The van der Waals surface area contributed by atoms with Crippen LogP contribution in [0.2, 0.25) is 0 Å². The molecule has 0 spiro atoms. The number of benzene rings is 1. The number of aliphatic hydroxyl groups excluding tert-OH is 1. The first-order chi connectivity index (χ1) is 10.1. The Labute approximate surface area is 124 Å². The summed E-state index contributed by atoms with van der Waals surface area (Å²) in [7, 11) is 0. The third-order valence-electron chi connectivity index (χ3n) is 3.84. The SMILES string of the molecule is CC(C(=O)Nc1cccc(F)c1)N1CCN(CCO)CC1. The smallest absolute Gasteiger partial charge is 0.241 e. The lowest BCUT2D eigenvalue weighted by molar-refractivity contribution is -0.121. The molecule has 116 valence electrons. The highest BCUT2D eigenvalue weighted by molar-refractivity contribution is 5.94. The molecule has 5 nitrogen and oxygen atoms in total. The van der Waals surface area contributed by atoms with Gasteiger partial charge in [0.25, 0.3) is 0 Å². The molecule has 0 saturated carbocycles. The minimum Gasteiger partial charge on any atom is -0.395 e. The van der Waals surface area contributed by atoms with Crippen molar-refractivity contribution in [2.24, 2.45) is 0 Å². The minimum absolute atomic E-state index is 0.129. The van der Waals surface area contributed by atoms with E-state index in [1.165, 1.54) is 12.1 Å². The second kappa shape index (κ2) is 7.49. The Kier molecular flexibility index (Phi) is 5.67. The van der Waals surface area contributed by atoms with Crippen LogP contribution in [0, 0.1) is 5.82 Å². The summed E-state index contributed by atoms with van der Waals surface area (Å²) in [5.41, 5.74) is 0.478. The molecule has 1 unspecified atom stereocenters. The molecule has 0 aliphatic carbocycles. The number of nitrogens with zero attached hydrogens (tertiary/aromatic N) is 2. The summed E-state index contributed by atoms with van der Waals surface area (Å²) in [6, 6.07) is 5.64. The van der Waals surface area contributed by atoms with Gasteiger partial charge < -0.3 is 10.4 Å². The molecule has 6 heteroatoms. The largest absolute Gasteiger partial charge is 0.395 e. The number of halogens is 1. The Morgan fingerprint density at radius 2 is 2.10 bits per heavy atom. The molecule has 1 amide bonds. The molecule has 1 aliphatic rings. The molecule has 1 aromatic carbocycles. The summed E-state index contributed by atoms with van der Waals surface area (Å²) in [4.78, 5) is 16.5. The molecule has 2 N–H and O–H groups in total. The molecular weight excluding hydrogens is 273 g/mol. The van der Waals surface area contributed by atoms with Gasteiger partial charge in [-0.05, 0) is 25.1 Å². The number of piperazine rings is 1. The molecule has 0 radical (unpaired) electrons. The Balaban J connectivity index is 1.85. The van der Waals surface area contributed by atoms with Crippen molar-refractivity contribution in [3.05, 3.63) is 30.1 Å². The molecule has 21 heavy (non-hydrogen) atoms. The van der Waals surface area contributed by atoms with Gasteiger partial charge in [-0.25, -0.2) is 4.39 Å². The highest BCUT2D eigenvalue weighted by Crippen LogP contribution is 2.12. The lowest BCUT2D eigenvalue weighted by Gasteiger charge is -2.37. The van der Waals surface area contributed by atoms with Gasteiger partial charge in [-0.15, -0.1) is 0 Å². The van der Waals surface area contributed by atoms with Crippen molar-refractivity contribution in [2.75, 3.05) is 44.6 Å². The summed E-state index contributed by atoms with van der Waals surface area (Å²) in [5, 5.41) is 11.7. The van der Waals surface area contributed by atoms with E-state index < -0.39 is 0 Å². The Bertz CT molecular complexity index is 476. The van der Waals surface area contributed by atoms with Crippen LogP contribution in [-0.2, 0) is 4.79 Å². The van der Waals surface area contributed by atoms with Gasteiger partial charge in [-0.2, -0.15) is 0 Å². The number of amides is 1. The lowest BCUT2D eigenvalue weighted by atomic mass is 10.2. The normalized spacial score (nSPS) is 18.4. The summed E-state index contributed by atoms with van der Waals surface area (Å²) < 4.78 is 13.1. The zero-order valence-corrected chi connectivity index (χ0v) is 12.3. The molecule has 2 rings (SSSR count). The van der Waals surface area contributed by atoms with Gasteiger partial charge in [0, 0.05) is 38.4 Å². The first kappa shape index (κ1) is 15.9. The maximum absolute atomic E-state index is 13.1. The van der Waals surface area contributed by atoms with Crippen molar-refractivity contribution in [3.8, 4) is 0 Å². The molecular formula is C15H22FN3O2. The van der Waals surface area contributed by atoms with E-state index in [-0.39, 0.29) is 24.4 Å². The van der Waals surface area contributed by atoms with Crippen LogP contribution in [0.3, 0.4) is 0 Å². The van der Waals surface area contributed by atoms with Gasteiger partial charge in [-0.3, -0.25) is 14.6 Å². The predicted molar refractivity (Wildman–Crippen MR) is 79.6 cm³/mol. The lowest BCUT2D eigenvalue weighted by Crippen LogP contribution is -2.53. The molecule has 0 bridgehead atoms. The minimum atomic E-state index is -0.363. The summed E-state index contributed by atoms with van der Waals surface area (Å²) >= 11 is 0. The van der Waals surface area contributed by atoms with Crippen LogP contribution in [0.5, 0.6) is 0 Å². The molecule has 1 saturated heterocycles. The highest BCUT2D eigenvalue weighted by Gasteiger charge is 2.25. The molecule has 1 atom stereocenters. The van der Waals surface area contributed by atoms with E-state index in [4.69, 9.17) is 5.11 Å². The quantitative estimate of drug-likeness (QED) is 0.842. The zero-order valence-electron chi connectivity index (χ0n) is 12.3. The van der Waals surface area contributed by atoms with Crippen LogP contribution < -0.4 is 5.32 Å². The topological polar surface area (TPSA) is 55.8 Å². The van der Waals surface area contributed by atoms with Gasteiger partial charge in [-0.1, -0.05) is 6.07 Å². The van der Waals surface area contributed by atoms with Crippen LogP contribution in [0.1, 0.15) is 6.92 Å². The number of carbonyl (C=O) groups excluding carboxylic acids is 1. The molecule has 1 aliphatic heterocycles. The number of β-amino-alcohol motifs (C(OH)–C–C–N with tert-alkyl or cyclic N) is 1. The summed E-state index contributed by atoms with van der Waals surface area (Å²) in [6.07, 6.45) is 0. The van der Waals surface area contributed by atoms with E-state index in [1.807, 2.05) is 6.92 Å². The van der Waals surface area contributed by atoms with Crippen LogP contribution >= 0.6 is 0 Å². The van der Waals surface area contributed by atoms with E-state index >= 15 is 0 Å². The van der Waals surface area contributed by atoms with Crippen molar-refractivity contribution in [1.29, 1.82) is 0 Å². The van der Waals surface area contributed by atoms with Gasteiger partial charge in [0.15, 0.2) is 0 Å². The van der Waals surface area contributed by atoms with Crippen LogP contribution in [0.15, 0.2) is 24.3 Å². The van der Waals surface area contributed by atoms with Crippen molar-refractivity contribution >= 4 is 11.6 Å². The fourth-order valence-corrected chi connectivity index (χ4v) is 2.49. The monoisotopic (exact) mass is 295 g/mol. The summed E-state index contributed by atoms with van der Waals surface area (Å²) in [6.45, 7) is 5.97.